The summed E-state index contributed by atoms with van der Waals surface area (Å²) in [7, 11) is -3.02. The molecule has 0 radical (unpaired) electrons. The van der Waals surface area contributed by atoms with Gasteiger partial charge in [0, 0.05) is 6.04 Å². The average Bonchev–Trinajstić information content (AvgIpc) is 2.01. The van der Waals surface area contributed by atoms with Gasteiger partial charge in [-0.05, 0) is 38.0 Å². The van der Waals surface area contributed by atoms with Gasteiger partial charge in [0.1, 0.15) is 0 Å². The van der Waals surface area contributed by atoms with Crippen LogP contribution in [0.4, 0.5) is 0 Å². The Morgan fingerprint density at radius 3 is 2.07 bits per heavy atom. The van der Waals surface area contributed by atoms with Crippen LogP contribution in [-0.4, -0.2) is 20.2 Å². The van der Waals surface area contributed by atoms with E-state index in [9.17, 15) is 8.42 Å². The predicted molar refractivity (Wildman–Crippen MR) is 58.6 cm³/mol. The van der Waals surface area contributed by atoms with Crippen molar-refractivity contribution < 1.29 is 8.42 Å². The standard InChI is InChI=1S/C10H21NO2S/c1-4-14(12,13)11-10-6-8(2)5-9(3)7-10/h8-11H,4-7H2,1-3H3. The van der Waals surface area contributed by atoms with Gasteiger partial charge in [-0.3, -0.25) is 0 Å². The highest BCUT2D eigenvalue weighted by molar-refractivity contribution is 7.89. The molecule has 1 fully saturated rings. The van der Waals surface area contributed by atoms with Crippen LogP contribution in [0, 0.1) is 11.8 Å². The first kappa shape index (κ1) is 12.0. The van der Waals surface area contributed by atoms with Gasteiger partial charge < -0.3 is 0 Å². The smallest absolute Gasteiger partial charge is 0.211 e. The zero-order valence-corrected chi connectivity index (χ0v) is 10.1. The number of hydrogen-bond donors (Lipinski definition) is 1. The van der Waals surface area contributed by atoms with Gasteiger partial charge in [0.25, 0.3) is 0 Å². The number of hydrogen-bond acceptors (Lipinski definition) is 2. The molecule has 0 amide bonds. The molecule has 0 saturated heterocycles. The zero-order chi connectivity index (χ0) is 10.8. The SMILES string of the molecule is CCS(=O)(=O)NC1CC(C)CC(C)C1. The minimum Gasteiger partial charge on any atom is -0.212 e. The molecule has 0 spiro atoms. The van der Waals surface area contributed by atoms with Crippen molar-refractivity contribution in [3.8, 4) is 0 Å². The number of nitrogens with one attached hydrogen (secondary N) is 1. The maximum absolute atomic E-state index is 11.4. The summed E-state index contributed by atoms with van der Waals surface area (Å²) in [6, 6.07) is 0.165. The molecule has 1 aliphatic rings. The lowest BCUT2D eigenvalue weighted by Gasteiger charge is -2.31. The molecule has 1 aliphatic carbocycles. The Balaban J connectivity index is 2.53. The molecular weight excluding hydrogens is 198 g/mol. The van der Waals surface area contributed by atoms with E-state index in [4.69, 9.17) is 0 Å². The van der Waals surface area contributed by atoms with Crippen LogP contribution in [0.3, 0.4) is 0 Å². The summed E-state index contributed by atoms with van der Waals surface area (Å²) in [5.41, 5.74) is 0. The summed E-state index contributed by atoms with van der Waals surface area (Å²) in [4.78, 5) is 0. The summed E-state index contributed by atoms with van der Waals surface area (Å²) >= 11 is 0. The van der Waals surface area contributed by atoms with Crippen molar-refractivity contribution >= 4 is 10.0 Å². The van der Waals surface area contributed by atoms with Crippen LogP contribution in [0.2, 0.25) is 0 Å². The summed E-state index contributed by atoms with van der Waals surface area (Å²) in [6.07, 6.45) is 3.21. The third-order valence-electron chi connectivity index (χ3n) is 2.90. The van der Waals surface area contributed by atoms with Gasteiger partial charge in [-0.2, -0.15) is 0 Å². The fraction of sp³-hybridized carbons (Fsp3) is 1.00. The second-order valence-corrected chi connectivity index (χ2v) is 6.68. The number of sulfonamides is 1. The van der Waals surface area contributed by atoms with Crippen molar-refractivity contribution in [2.75, 3.05) is 5.75 Å². The van der Waals surface area contributed by atoms with Crippen molar-refractivity contribution in [3.05, 3.63) is 0 Å². The van der Waals surface area contributed by atoms with Crippen molar-refractivity contribution in [2.24, 2.45) is 11.8 Å². The maximum atomic E-state index is 11.4. The Hall–Kier alpha value is -0.0900. The van der Waals surface area contributed by atoms with Crippen LogP contribution in [0.5, 0.6) is 0 Å². The molecule has 2 unspecified atom stereocenters. The predicted octanol–water partition coefficient (Wildman–Crippen LogP) is 1.75. The largest absolute Gasteiger partial charge is 0.212 e. The van der Waals surface area contributed by atoms with Gasteiger partial charge in [-0.25, -0.2) is 13.1 Å². The fourth-order valence-corrected chi connectivity index (χ4v) is 3.25. The monoisotopic (exact) mass is 219 g/mol. The molecule has 2 atom stereocenters. The molecule has 0 aromatic carbocycles. The van der Waals surface area contributed by atoms with E-state index in [-0.39, 0.29) is 11.8 Å². The molecule has 1 rings (SSSR count). The second-order valence-electron chi connectivity index (χ2n) is 4.64. The average molecular weight is 219 g/mol. The molecule has 3 nitrogen and oxygen atoms in total. The molecule has 0 bridgehead atoms. The quantitative estimate of drug-likeness (QED) is 0.786. The van der Waals surface area contributed by atoms with Crippen molar-refractivity contribution in [2.45, 2.75) is 46.1 Å². The number of rotatable bonds is 3. The third kappa shape index (κ3) is 3.58. The lowest BCUT2D eigenvalue weighted by atomic mass is 9.81. The Kier molecular flexibility index (Phi) is 3.95. The molecule has 0 heterocycles. The highest BCUT2D eigenvalue weighted by Crippen LogP contribution is 2.28. The van der Waals surface area contributed by atoms with Crippen LogP contribution in [-0.2, 0) is 10.0 Å². The van der Waals surface area contributed by atoms with Crippen LogP contribution < -0.4 is 4.72 Å². The first-order chi connectivity index (χ1) is 6.43. The molecule has 0 aliphatic heterocycles. The molecule has 0 aromatic heterocycles. The van der Waals surface area contributed by atoms with Crippen molar-refractivity contribution in [3.63, 3.8) is 0 Å². The minimum atomic E-state index is -3.02. The van der Waals surface area contributed by atoms with E-state index in [0.29, 0.717) is 11.8 Å². The molecule has 4 heteroatoms. The Labute approximate surface area is 87.3 Å². The molecular formula is C10H21NO2S. The third-order valence-corrected chi connectivity index (χ3v) is 4.36. The maximum Gasteiger partial charge on any atom is 0.211 e. The molecule has 1 N–H and O–H groups in total. The summed E-state index contributed by atoms with van der Waals surface area (Å²) in [5.74, 6) is 1.47. The summed E-state index contributed by atoms with van der Waals surface area (Å²) < 4.78 is 25.5. The first-order valence-corrected chi connectivity index (χ1v) is 7.08. The van der Waals surface area contributed by atoms with Crippen LogP contribution in [0.15, 0.2) is 0 Å². The lowest BCUT2D eigenvalue weighted by molar-refractivity contribution is 0.258. The lowest BCUT2D eigenvalue weighted by Crippen LogP contribution is -2.40. The van der Waals surface area contributed by atoms with Gasteiger partial charge in [0.15, 0.2) is 0 Å². The Bertz CT molecular complexity index is 264. The highest BCUT2D eigenvalue weighted by atomic mass is 32.2. The fourth-order valence-electron chi connectivity index (χ4n) is 2.38. The van der Waals surface area contributed by atoms with E-state index in [1.807, 2.05) is 0 Å². The van der Waals surface area contributed by atoms with E-state index in [2.05, 4.69) is 18.6 Å². The zero-order valence-electron chi connectivity index (χ0n) is 9.29. The van der Waals surface area contributed by atoms with Gasteiger partial charge in [-0.15, -0.1) is 0 Å². The van der Waals surface area contributed by atoms with Gasteiger partial charge in [0.05, 0.1) is 5.75 Å². The highest BCUT2D eigenvalue weighted by Gasteiger charge is 2.26. The van der Waals surface area contributed by atoms with Gasteiger partial charge in [0.2, 0.25) is 10.0 Å². The van der Waals surface area contributed by atoms with E-state index in [1.54, 1.807) is 6.92 Å². The van der Waals surface area contributed by atoms with Crippen molar-refractivity contribution in [1.82, 2.24) is 4.72 Å². The Morgan fingerprint density at radius 1 is 1.14 bits per heavy atom. The van der Waals surface area contributed by atoms with E-state index < -0.39 is 10.0 Å². The van der Waals surface area contributed by atoms with E-state index in [0.717, 1.165) is 12.8 Å². The second kappa shape index (κ2) is 4.62. The Morgan fingerprint density at radius 2 is 1.64 bits per heavy atom. The molecule has 14 heavy (non-hydrogen) atoms. The van der Waals surface area contributed by atoms with Crippen LogP contribution in [0.25, 0.3) is 0 Å². The molecule has 84 valence electrons. The van der Waals surface area contributed by atoms with E-state index in [1.165, 1.54) is 6.42 Å². The normalized spacial score (nSPS) is 34.4. The first-order valence-electron chi connectivity index (χ1n) is 5.43. The molecule has 0 aromatic rings. The van der Waals surface area contributed by atoms with Gasteiger partial charge >= 0.3 is 0 Å². The van der Waals surface area contributed by atoms with Crippen LogP contribution in [0.1, 0.15) is 40.0 Å². The topological polar surface area (TPSA) is 46.2 Å². The summed E-state index contributed by atoms with van der Waals surface area (Å²) in [6.45, 7) is 6.07. The molecule has 1 saturated carbocycles. The van der Waals surface area contributed by atoms with E-state index >= 15 is 0 Å². The van der Waals surface area contributed by atoms with Crippen LogP contribution >= 0.6 is 0 Å². The van der Waals surface area contributed by atoms with Crippen molar-refractivity contribution in [1.29, 1.82) is 0 Å². The summed E-state index contributed by atoms with van der Waals surface area (Å²) in [5, 5.41) is 0. The van der Waals surface area contributed by atoms with Gasteiger partial charge in [-0.1, -0.05) is 13.8 Å². The minimum absolute atomic E-state index is 0.165.